The van der Waals surface area contributed by atoms with Crippen molar-refractivity contribution in [2.75, 3.05) is 0 Å². The minimum absolute atomic E-state index is 0.00230. The summed E-state index contributed by atoms with van der Waals surface area (Å²) in [6, 6.07) is 5.08. The maximum absolute atomic E-state index is 11.8. The first-order chi connectivity index (χ1) is 10.4. The van der Waals surface area contributed by atoms with Crippen LogP contribution < -0.4 is 15.4 Å². The first-order valence-corrected chi connectivity index (χ1v) is 7.54. The van der Waals surface area contributed by atoms with Crippen molar-refractivity contribution < 1.29 is 14.3 Å². The van der Waals surface area contributed by atoms with Gasteiger partial charge in [0.05, 0.1) is 11.1 Å². The molecular formula is C15H15ClN2O3S. The lowest BCUT2D eigenvalue weighted by molar-refractivity contribution is -0.123. The molecule has 1 aromatic carbocycles. The summed E-state index contributed by atoms with van der Waals surface area (Å²) < 4.78 is 5.67. The van der Waals surface area contributed by atoms with E-state index >= 15 is 0 Å². The number of hydrogen-bond acceptors (Lipinski definition) is 4. The minimum atomic E-state index is -0.537. The Morgan fingerprint density at radius 1 is 1.32 bits per heavy atom. The first-order valence-electron chi connectivity index (χ1n) is 6.75. The van der Waals surface area contributed by atoms with E-state index in [-0.39, 0.29) is 16.8 Å². The van der Waals surface area contributed by atoms with E-state index in [1.165, 1.54) is 6.08 Å². The van der Waals surface area contributed by atoms with Crippen LogP contribution in [0.1, 0.15) is 25.8 Å². The van der Waals surface area contributed by atoms with Gasteiger partial charge in [0, 0.05) is 0 Å². The summed E-state index contributed by atoms with van der Waals surface area (Å²) in [6.07, 6.45) is 2.37. The van der Waals surface area contributed by atoms with Crippen molar-refractivity contribution in [3.8, 4) is 5.75 Å². The van der Waals surface area contributed by atoms with Gasteiger partial charge in [0.2, 0.25) is 0 Å². The molecule has 1 aliphatic rings. The molecule has 22 heavy (non-hydrogen) atoms. The number of rotatable bonds is 4. The molecule has 1 fully saturated rings. The zero-order valence-electron chi connectivity index (χ0n) is 12.1. The van der Waals surface area contributed by atoms with Crippen molar-refractivity contribution in [2.24, 2.45) is 0 Å². The van der Waals surface area contributed by atoms with E-state index in [4.69, 9.17) is 28.6 Å². The topological polar surface area (TPSA) is 67.4 Å². The molecule has 1 aliphatic heterocycles. The van der Waals surface area contributed by atoms with Gasteiger partial charge in [-0.1, -0.05) is 24.6 Å². The summed E-state index contributed by atoms with van der Waals surface area (Å²) in [7, 11) is 0. The number of thiocarbonyl (C=S) groups is 1. The summed E-state index contributed by atoms with van der Waals surface area (Å²) in [5.41, 5.74) is 0.592. The van der Waals surface area contributed by atoms with Gasteiger partial charge in [0.15, 0.2) is 5.11 Å². The summed E-state index contributed by atoms with van der Waals surface area (Å²) >= 11 is 10.9. The third-order valence-electron chi connectivity index (χ3n) is 3.11. The smallest absolute Gasteiger partial charge is 0.263 e. The number of carbonyl (C=O) groups excluding carboxylic acids is 2. The molecular weight excluding hydrogens is 324 g/mol. The molecule has 1 aromatic rings. The average Bonchev–Trinajstić information content (AvgIpc) is 2.45. The van der Waals surface area contributed by atoms with E-state index < -0.39 is 11.8 Å². The van der Waals surface area contributed by atoms with E-state index in [2.05, 4.69) is 10.6 Å². The fourth-order valence-electron chi connectivity index (χ4n) is 1.78. The van der Waals surface area contributed by atoms with Crippen LogP contribution in [0.5, 0.6) is 5.75 Å². The number of nitrogens with one attached hydrogen (secondary N) is 2. The van der Waals surface area contributed by atoms with Crippen molar-refractivity contribution in [3.05, 3.63) is 34.4 Å². The molecule has 116 valence electrons. The monoisotopic (exact) mass is 338 g/mol. The van der Waals surface area contributed by atoms with Crippen LogP contribution in [0.25, 0.3) is 6.08 Å². The SMILES string of the molecule is CC[C@H](C)Oc1ccc(C=C2C(=O)NC(=S)NC2=O)cc1Cl. The normalized spacial score (nSPS) is 16.0. The van der Waals surface area contributed by atoms with Gasteiger partial charge < -0.3 is 4.74 Å². The number of carbonyl (C=O) groups is 2. The molecule has 7 heteroatoms. The van der Waals surface area contributed by atoms with Crippen LogP contribution in [0.4, 0.5) is 0 Å². The highest BCUT2D eigenvalue weighted by Crippen LogP contribution is 2.27. The lowest BCUT2D eigenvalue weighted by Gasteiger charge is -2.17. The van der Waals surface area contributed by atoms with Gasteiger partial charge >= 0.3 is 0 Å². The highest BCUT2D eigenvalue weighted by Gasteiger charge is 2.25. The van der Waals surface area contributed by atoms with Crippen LogP contribution in [0.2, 0.25) is 5.02 Å². The van der Waals surface area contributed by atoms with E-state index in [9.17, 15) is 9.59 Å². The van der Waals surface area contributed by atoms with Crippen molar-refractivity contribution in [3.63, 3.8) is 0 Å². The number of benzene rings is 1. The third-order valence-corrected chi connectivity index (χ3v) is 3.61. The minimum Gasteiger partial charge on any atom is -0.489 e. The van der Waals surface area contributed by atoms with Crippen molar-refractivity contribution in [1.82, 2.24) is 10.6 Å². The van der Waals surface area contributed by atoms with Gasteiger partial charge in [0.1, 0.15) is 11.3 Å². The molecule has 1 atom stereocenters. The van der Waals surface area contributed by atoms with E-state index in [1.54, 1.807) is 18.2 Å². The Morgan fingerprint density at radius 2 is 1.95 bits per heavy atom. The Bertz CT molecular complexity index is 651. The second-order valence-corrected chi connectivity index (χ2v) is 5.64. The average molecular weight is 339 g/mol. The second-order valence-electron chi connectivity index (χ2n) is 4.82. The van der Waals surface area contributed by atoms with Crippen LogP contribution in [-0.4, -0.2) is 23.0 Å². The molecule has 0 aliphatic carbocycles. The Balaban J connectivity index is 2.25. The van der Waals surface area contributed by atoms with E-state index in [0.717, 1.165) is 6.42 Å². The lowest BCUT2D eigenvalue weighted by atomic mass is 10.1. The van der Waals surface area contributed by atoms with Crippen molar-refractivity contribution in [2.45, 2.75) is 26.4 Å². The predicted octanol–water partition coefficient (Wildman–Crippen LogP) is 2.43. The van der Waals surface area contributed by atoms with Gasteiger partial charge in [-0.3, -0.25) is 20.2 Å². The van der Waals surface area contributed by atoms with E-state index in [1.807, 2.05) is 13.8 Å². The van der Waals surface area contributed by atoms with Crippen LogP contribution >= 0.6 is 23.8 Å². The highest BCUT2D eigenvalue weighted by atomic mass is 35.5. The molecule has 0 aromatic heterocycles. The summed E-state index contributed by atoms with van der Waals surface area (Å²) in [4.78, 5) is 23.5. The molecule has 2 amide bonds. The molecule has 1 heterocycles. The predicted molar refractivity (Wildman–Crippen MR) is 88.7 cm³/mol. The number of ether oxygens (including phenoxy) is 1. The van der Waals surface area contributed by atoms with Gasteiger partial charge in [-0.05, 0) is 49.3 Å². The highest BCUT2D eigenvalue weighted by molar-refractivity contribution is 7.80. The van der Waals surface area contributed by atoms with Crippen LogP contribution in [0.3, 0.4) is 0 Å². The standard InChI is InChI=1S/C15H15ClN2O3S/c1-3-8(2)21-12-5-4-9(7-11(12)16)6-10-13(19)17-15(22)18-14(10)20/h4-8H,3H2,1-2H3,(H2,17,18,19,20,22)/t8-/m0/s1. The molecule has 0 bridgehead atoms. The van der Waals surface area contributed by atoms with Crippen molar-refractivity contribution in [1.29, 1.82) is 0 Å². The summed E-state index contributed by atoms with van der Waals surface area (Å²) in [5, 5.41) is 5.17. The molecule has 2 rings (SSSR count). The van der Waals surface area contributed by atoms with Crippen LogP contribution in [-0.2, 0) is 9.59 Å². The van der Waals surface area contributed by atoms with Crippen LogP contribution in [0, 0.1) is 0 Å². The zero-order valence-corrected chi connectivity index (χ0v) is 13.7. The lowest BCUT2D eigenvalue weighted by Crippen LogP contribution is -2.51. The largest absolute Gasteiger partial charge is 0.489 e. The maximum Gasteiger partial charge on any atom is 0.263 e. The first kappa shape index (κ1) is 16.5. The molecule has 0 unspecified atom stereocenters. The fourth-order valence-corrected chi connectivity index (χ4v) is 2.19. The van der Waals surface area contributed by atoms with Crippen molar-refractivity contribution >= 4 is 46.8 Å². The number of hydrogen-bond donors (Lipinski definition) is 2. The van der Waals surface area contributed by atoms with Gasteiger partial charge in [-0.15, -0.1) is 0 Å². The molecule has 0 radical (unpaired) electrons. The third kappa shape index (κ3) is 3.84. The van der Waals surface area contributed by atoms with Gasteiger partial charge in [-0.25, -0.2) is 0 Å². The summed E-state index contributed by atoms with van der Waals surface area (Å²) in [5.74, 6) is -0.508. The Labute approximate surface area is 138 Å². The van der Waals surface area contributed by atoms with E-state index in [0.29, 0.717) is 16.3 Å². The molecule has 2 N–H and O–H groups in total. The number of halogens is 1. The second kappa shape index (κ2) is 6.89. The fraction of sp³-hybridized carbons (Fsp3) is 0.267. The Hall–Kier alpha value is -1.92. The molecule has 5 nitrogen and oxygen atoms in total. The Morgan fingerprint density at radius 3 is 2.50 bits per heavy atom. The van der Waals surface area contributed by atoms with Gasteiger partial charge in [0.25, 0.3) is 11.8 Å². The quantitative estimate of drug-likeness (QED) is 0.502. The number of amides is 2. The van der Waals surface area contributed by atoms with Gasteiger partial charge in [-0.2, -0.15) is 0 Å². The molecule has 0 spiro atoms. The van der Waals surface area contributed by atoms with Crippen LogP contribution in [0.15, 0.2) is 23.8 Å². The maximum atomic E-state index is 11.8. The zero-order chi connectivity index (χ0) is 16.3. The molecule has 1 saturated heterocycles. The Kier molecular flexibility index (Phi) is 5.15. The molecule has 0 saturated carbocycles. The summed E-state index contributed by atoms with van der Waals surface area (Å²) in [6.45, 7) is 3.97.